The van der Waals surface area contributed by atoms with Crippen LogP contribution in [0.3, 0.4) is 0 Å². The zero-order valence-corrected chi connectivity index (χ0v) is 11.2. The number of methoxy groups -OCH3 is 1. The normalized spacial score (nSPS) is 20.6. The van der Waals surface area contributed by atoms with E-state index in [0.29, 0.717) is 6.54 Å². The molecule has 108 valence electrons. The quantitative estimate of drug-likeness (QED) is 0.689. The van der Waals surface area contributed by atoms with E-state index in [2.05, 4.69) is 4.74 Å². The molecule has 19 heavy (non-hydrogen) atoms. The fraction of sp³-hybridized carbons (Fsp3) is 0.727. The van der Waals surface area contributed by atoms with E-state index in [1.54, 1.807) is 0 Å². The largest absolute Gasteiger partial charge is 0.480 e. The fourth-order valence-corrected chi connectivity index (χ4v) is 1.65. The lowest BCUT2D eigenvalue weighted by atomic mass is 10.2. The van der Waals surface area contributed by atoms with Crippen LogP contribution < -0.4 is 0 Å². The molecule has 0 aromatic carbocycles. The average Bonchev–Trinajstić information content (AvgIpc) is 2.43. The number of aliphatic carboxylic acids is 1. The van der Waals surface area contributed by atoms with E-state index in [-0.39, 0.29) is 13.2 Å². The lowest BCUT2D eigenvalue weighted by Crippen LogP contribution is -2.54. The highest BCUT2D eigenvalue weighted by Gasteiger charge is 2.33. The summed E-state index contributed by atoms with van der Waals surface area (Å²) in [6.07, 6.45) is -0.823. The van der Waals surface area contributed by atoms with Gasteiger partial charge in [0.15, 0.2) is 6.10 Å². The Hall–Kier alpha value is -1.83. The van der Waals surface area contributed by atoms with Gasteiger partial charge in [0.2, 0.25) is 0 Å². The molecular formula is C11H18N2O6. The van der Waals surface area contributed by atoms with Gasteiger partial charge < -0.3 is 24.4 Å². The number of nitrogens with zero attached hydrogens (tertiary/aromatic N) is 2. The maximum Gasteiger partial charge on any atom is 0.336 e. The van der Waals surface area contributed by atoms with Crippen LogP contribution in [0.2, 0.25) is 0 Å². The van der Waals surface area contributed by atoms with Crippen LogP contribution in [0.25, 0.3) is 0 Å². The molecule has 2 amide bonds. The number of esters is 1. The number of carboxylic acids is 1. The fourth-order valence-electron chi connectivity index (χ4n) is 1.65. The third kappa shape index (κ3) is 3.57. The number of likely N-dealkylation sites (N-methyl/N-ethyl adjacent to an activating group) is 1. The molecule has 1 aliphatic rings. The Kier molecular flexibility index (Phi) is 5.11. The minimum absolute atomic E-state index is 0.0577. The van der Waals surface area contributed by atoms with Crippen LogP contribution in [0.5, 0.6) is 0 Å². The van der Waals surface area contributed by atoms with Crippen molar-refractivity contribution in [2.45, 2.75) is 19.1 Å². The van der Waals surface area contributed by atoms with Gasteiger partial charge in [-0.2, -0.15) is 0 Å². The van der Waals surface area contributed by atoms with Gasteiger partial charge in [0.05, 0.1) is 20.3 Å². The van der Waals surface area contributed by atoms with Crippen molar-refractivity contribution in [1.29, 1.82) is 0 Å². The number of amides is 2. The van der Waals surface area contributed by atoms with Gasteiger partial charge in [0.25, 0.3) is 0 Å². The number of hydrogen-bond donors (Lipinski definition) is 1. The molecule has 0 aromatic rings. The zero-order valence-electron chi connectivity index (χ0n) is 11.2. The monoisotopic (exact) mass is 274 g/mol. The molecule has 0 bridgehead atoms. The van der Waals surface area contributed by atoms with Crippen LogP contribution in [0.4, 0.5) is 4.79 Å². The second kappa shape index (κ2) is 6.37. The summed E-state index contributed by atoms with van der Waals surface area (Å²) in [6.45, 7) is 1.99. The minimum atomic E-state index is -1.09. The Morgan fingerprint density at radius 2 is 2.11 bits per heavy atom. The Morgan fingerprint density at radius 3 is 2.63 bits per heavy atom. The summed E-state index contributed by atoms with van der Waals surface area (Å²) in [5.74, 6) is -1.64. The van der Waals surface area contributed by atoms with Crippen molar-refractivity contribution in [3.05, 3.63) is 0 Å². The molecule has 8 heteroatoms. The molecule has 1 aliphatic heterocycles. The summed E-state index contributed by atoms with van der Waals surface area (Å²) in [4.78, 5) is 36.8. The summed E-state index contributed by atoms with van der Waals surface area (Å²) in [5.41, 5.74) is 0. The first kappa shape index (κ1) is 15.2. The van der Waals surface area contributed by atoms with Crippen molar-refractivity contribution in [3.8, 4) is 0 Å². The third-order valence-electron chi connectivity index (χ3n) is 3.04. The third-order valence-corrected chi connectivity index (χ3v) is 3.04. The number of carbonyl (C=O) groups excluding carboxylic acids is 2. The van der Waals surface area contributed by atoms with Crippen LogP contribution in [-0.4, -0.2) is 78.9 Å². The predicted molar refractivity (Wildman–Crippen MR) is 63.6 cm³/mol. The predicted octanol–water partition coefficient (Wildman–Crippen LogP) is -0.615. The number of morpholine rings is 1. The van der Waals surface area contributed by atoms with Gasteiger partial charge in [-0.25, -0.2) is 14.4 Å². The number of carboxylic acid groups (broad SMARTS) is 1. The molecule has 0 spiro atoms. The van der Waals surface area contributed by atoms with E-state index in [0.717, 1.165) is 4.90 Å². The molecule has 0 saturated carbocycles. The highest BCUT2D eigenvalue weighted by Crippen LogP contribution is 2.10. The Bertz CT molecular complexity index is 372. The van der Waals surface area contributed by atoms with Crippen LogP contribution in [0.15, 0.2) is 0 Å². The second-order valence-electron chi connectivity index (χ2n) is 4.24. The molecule has 0 aliphatic carbocycles. The van der Waals surface area contributed by atoms with Crippen LogP contribution in [-0.2, 0) is 19.1 Å². The molecule has 1 rings (SSSR count). The number of urea groups is 1. The van der Waals surface area contributed by atoms with Crippen molar-refractivity contribution in [1.82, 2.24) is 9.80 Å². The number of carbonyl (C=O) groups is 3. The molecule has 2 atom stereocenters. The highest BCUT2D eigenvalue weighted by atomic mass is 16.6. The minimum Gasteiger partial charge on any atom is -0.480 e. The molecule has 1 heterocycles. The lowest BCUT2D eigenvalue weighted by molar-refractivity contribution is -0.158. The van der Waals surface area contributed by atoms with Crippen LogP contribution in [0.1, 0.15) is 6.92 Å². The molecule has 2 unspecified atom stereocenters. The first-order valence-corrected chi connectivity index (χ1v) is 5.82. The number of rotatable bonds is 3. The second-order valence-corrected chi connectivity index (χ2v) is 4.24. The van der Waals surface area contributed by atoms with Gasteiger partial charge in [0.1, 0.15) is 6.04 Å². The van der Waals surface area contributed by atoms with Gasteiger partial charge in [0, 0.05) is 13.6 Å². The van der Waals surface area contributed by atoms with Gasteiger partial charge in [-0.15, -0.1) is 0 Å². The summed E-state index contributed by atoms with van der Waals surface area (Å²) in [5, 5.41) is 8.87. The SMILES string of the molecule is COC(=O)C1CN(C(=O)N(C)C(C)C(=O)O)CCO1. The van der Waals surface area contributed by atoms with Crippen LogP contribution >= 0.6 is 0 Å². The molecule has 0 aromatic heterocycles. The Morgan fingerprint density at radius 1 is 1.47 bits per heavy atom. The lowest BCUT2D eigenvalue weighted by Gasteiger charge is -2.35. The maximum atomic E-state index is 12.1. The molecule has 0 radical (unpaired) electrons. The smallest absolute Gasteiger partial charge is 0.336 e. The van der Waals surface area contributed by atoms with E-state index >= 15 is 0 Å². The van der Waals surface area contributed by atoms with Crippen molar-refractivity contribution >= 4 is 18.0 Å². The van der Waals surface area contributed by atoms with Crippen LogP contribution in [0, 0.1) is 0 Å². The highest BCUT2D eigenvalue weighted by molar-refractivity contribution is 5.83. The number of ether oxygens (including phenoxy) is 2. The summed E-state index contributed by atoms with van der Waals surface area (Å²) >= 11 is 0. The molecular weight excluding hydrogens is 256 g/mol. The van der Waals surface area contributed by atoms with Gasteiger partial charge >= 0.3 is 18.0 Å². The molecule has 8 nitrogen and oxygen atoms in total. The van der Waals surface area contributed by atoms with E-state index in [9.17, 15) is 14.4 Å². The van der Waals surface area contributed by atoms with E-state index in [1.165, 1.54) is 26.0 Å². The zero-order chi connectivity index (χ0) is 14.6. The van der Waals surface area contributed by atoms with E-state index in [1.807, 2.05) is 0 Å². The van der Waals surface area contributed by atoms with E-state index in [4.69, 9.17) is 9.84 Å². The summed E-state index contributed by atoms with van der Waals surface area (Å²) < 4.78 is 9.75. The van der Waals surface area contributed by atoms with Crippen molar-refractivity contribution in [2.75, 3.05) is 33.9 Å². The first-order chi connectivity index (χ1) is 8.88. The Balaban J connectivity index is 2.66. The standard InChI is InChI=1S/C11H18N2O6/c1-7(9(14)15)12(2)11(17)13-4-5-19-8(6-13)10(16)18-3/h7-8H,4-6H2,1-3H3,(H,14,15). The van der Waals surface area contributed by atoms with Gasteiger partial charge in [-0.1, -0.05) is 0 Å². The number of hydrogen-bond acceptors (Lipinski definition) is 5. The maximum absolute atomic E-state index is 12.1. The topological polar surface area (TPSA) is 96.4 Å². The van der Waals surface area contributed by atoms with Gasteiger partial charge in [-0.3, -0.25) is 0 Å². The van der Waals surface area contributed by atoms with Crippen molar-refractivity contribution in [2.24, 2.45) is 0 Å². The van der Waals surface area contributed by atoms with Crippen molar-refractivity contribution in [3.63, 3.8) is 0 Å². The molecule has 1 saturated heterocycles. The summed E-state index contributed by atoms with van der Waals surface area (Å²) in [7, 11) is 2.65. The Labute approximate surface area is 110 Å². The van der Waals surface area contributed by atoms with Crippen molar-refractivity contribution < 1.29 is 29.0 Å². The first-order valence-electron chi connectivity index (χ1n) is 5.82. The molecule has 1 fully saturated rings. The van der Waals surface area contributed by atoms with E-state index < -0.39 is 30.1 Å². The summed E-state index contributed by atoms with van der Waals surface area (Å²) in [6, 6.07) is -1.39. The van der Waals surface area contributed by atoms with Gasteiger partial charge in [-0.05, 0) is 6.92 Å². The average molecular weight is 274 g/mol. The molecule has 1 N–H and O–H groups in total.